The first-order valence-electron chi connectivity index (χ1n) is 5.45. The van der Waals surface area contributed by atoms with E-state index < -0.39 is 11.9 Å². The number of anilines is 1. The highest BCUT2D eigenvalue weighted by molar-refractivity contribution is 7.12. The fraction of sp³-hybridized carbons (Fsp3) is 0.0833. The lowest BCUT2D eigenvalue weighted by Gasteiger charge is -2.06. The van der Waals surface area contributed by atoms with Gasteiger partial charge in [0.05, 0.1) is 22.7 Å². The van der Waals surface area contributed by atoms with Gasteiger partial charge >= 0.3 is 5.97 Å². The van der Waals surface area contributed by atoms with Crippen molar-refractivity contribution in [2.45, 2.75) is 0 Å². The van der Waals surface area contributed by atoms with Crippen LogP contribution in [-0.2, 0) is 4.74 Å². The summed E-state index contributed by atoms with van der Waals surface area (Å²) in [6.45, 7) is 0. The minimum atomic E-state index is -0.602. The number of carbonyl (C=O) groups excluding carboxylic acids is 2. The highest BCUT2D eigenvalue weighted by atomic mass is 35.5. The minimum absolute atomic E-state index is 0.0564. The number of ether oxygens (including phenoxy) is 1. The second-order valence-corrected chi connectivity index (χ2v) is 5.43. The number of carbonyl (C=O) groups is 2. The van der Waals surface area contributed by atoms with Crippen LogP contribution in [0.5, 0.6) is 5.75 Å². The zero-order chi connectivity index (χ0) is 15.6. The fourth-order valence-corrected chi connectivity index (χ4v) is 2.59. The molecule has 1 aromatic carbocycles. The molecule has 0 aliphatic heterocycles. The van der Waals surface area contributed by atoms with Gasteiger partial charge in [-0.1, -0.05) is 23.2 Å². The number of rotatable bonds is 3. The SMILES string of the molecule is COC(=O)c1scnc1NC(=O)c1cc(Cl)c(O)c(Cl)c1. The van der Waals surface area contributed by atoms with Crippen LogP contribution in [0.3, 0.4) is 0 Å². The van der Waals surface area contributed by atoms with E-state index in [1.54, 1.807) is 0 Å². The first-order chi connectivity index (χ1) is 9.93. The maximum atomic E-state index is 12.1. The summed E-state index contributed by atoms with van der Waals surface area (Å²) >= 11 is 12.5. The number of hydrogen-bond acceptors (Lipinski definition) is 6. The molecule has 2 N–H and O–H groups in total. The molecule has 0 aliphatic rings. The summed E-state index contributed by atoms with van der Waals surface area (Å²) in [6, 6.07) is 2.50. The first kappa shape index (κ1) is 15.6. The third-order valence-electron chi connectivity index (χ3n) is 2.45. The van der Waals surface area contributed by atoms with Gasteiger partial charge in [-0.2, -0.15) is 0 Å². The van der Waals surface area contributed by atoms with Crippen LogP contribution in [-0.4, -0.2) is 29.1 Å². The van der Waals surface area contributed by atoms with E-state index in [0.717, 1.165) is 11.3 Å². The Balaban J connectivity index is 2.27. The van der Waals surface area contributed by atoms with Crippen LogP contribution < -0.4 is 5.32 Å². The minimum Gasteiger partial charge on any atom is -0.505 e. The zero-order valence-electron chi connectivity index (χ0n) is 10.5. The average Bonchev–Trinajstić information content (AvgIpc) is 2.91. The first-order valence-corrected chi connectivity index (χ1v) is 7.08. The summed E-state index contributed by atoms with van der Waals surface area (Å²) < 4.78 is 4.58. The third kappa shape index (κ3) is 3.26. The molecule has 0 fully saturated rings. The molecule has 0 atom stereocenters. The summed E-state index contributed by atoms with van der Waals surface area (Å²) in [6.07, 6.45) is 0. The summed E-state index contributed by atoms with van der Waals surface area (Å²) in [5, 5.41) is 11.8. The fourth-order valence-electron chi connectivity index (χ4n) is 1.45. The Labute approximate surface area is 133 Å². The number of hydrogen-bond donors (Lipinski definition) is 2. The highest BCUT2D eigenvalue weighted by Gasteiger charge is 2.19. The molecule has 21 heavy (non-hydrogen) atoms. The van der Waals surface area contributed by atoms with Crippen molar-refractivity contribution < 1.29 is 19.4 Å². The van der Waals surface area contributed by atoms with Gasteiger partial charge in [-0.25, -0.2) is 9.78 Å². The summed E-state index contributed by atoms with van der Waals surface area (Å²) in [7, 11) is 1.23. The van der Waals surface area contributed by atoms with Crippen LogP contribution in [0.15, 0.2) is 17.6 Å². The second-order valence-electron chi connectivity index (χ2n) is 3.76. The Kier molecular flexibility index (Phi) is 4.66. The normalized spacial score (nSPS) is 10.2. The summed E-state index contributed by atoms with van der Waals surface area (Å²) in [4.78, 5) is 27.6. The molecule has 0 spiro atoms. The number of amides is 1. The molecule has 1 heterocycles. The van der Waals surface area contributed by atoms with Crippen LogP contribution >= 0.6 is 34.5 Å². The van der Waals surface area contributed by atoms with Gasteiger partial charge < -0.3 is 15.2 Å². The van der Waals surface area contributed by atoms with E-state index in [4.69, 9.17) is 23.2 Å². The lowest BCUT2D eigenvalue weighted by molar-refractivity contribution is 0.0607. The standard InChI is InChI=1S/C12H8Cl2N2O4S/c1-20-12(19)9-10(15-4-21-9)16-11(18)5-2-6(13)8(17)7(14)3-5/h2-4,17H,1H3,(H,16,18). The van der Waals surface area contributed by atoms with Crippen molar-refractivity contribution in [3.8, 4) is 5.75 Å². The van der Waals surface area contributed by atoms with Crippen molar-refractivity contribution in [1.29, 1.82) is 0 Å². The summed E-state index contributed by atoms with van der Waals surface area (Å²) in [5.74, 6) is -1.40. The number of thiazole rings is 1. The van der Waals surface area contributed by atoms with Gasteiger partial charge in [0.1, 0.15) is 0 Å². The van der Waals surface area contributed by atoms with E-state index in [2.05, 4.69) is 15.0 Å². The molecule has 110 valence electrons. The molecule has 0 saturated carbocycles. The van der Waals surface area contributed by atoms with Gasteiger partial charge in [0.25, 0.3) is 5.91 Å². The van der Waals surface area contributed by atoms with Crippen molar-refractivity contribution in [2.75, 3.05) is 12.4 Å². The molecule has 0 bridgehead atoms. The van der Waals surface area contributed by atoms with Gasteiger partial charge in [0.2, 0.25) is 0 Å². The molecule has 6 nitrogen and oxygen atoms in total. The van der Waals surface area contributed by atoms with E-state index in [-0.39, 0.29) is 32.1 Å². The van der Waals surface area contributed by atoms with Crippen molar-refractivity contribution in [1.82, 2.24) is 4.98 Å². The predicted molar refractivity (Wildman–Crippen MR) is 79.5 cm³/mol. The maximum absolute atomic E-state index is 12.1. The lowest BCUT2D eigenvalue weighted by atomic mass is 10.2. The number of aromatic hydroxyl groups is 1. The number of phenols is 1. The Morgan fingerprint density at radius 3 is 2.52 bits per heavy atom. The van der Waals surface area contributed by atoms with E-state index in [1.807, 2.05) is 0 Å². The number of benzene rings is 1. The smallest absolute Gasteiger partial charge is 0.351 e. The predicted octanol–water partition coefficient (Wildman–Crippen LogP) is 3.19. The molecular formula is C12H8Cl2N2O4S. The van der Waals surface area contributed by atoms with Crippen molar-refractivity contribution in [3.63, 3.8) is 0 Å². The number of methoxy groups -OCH3 is 1. The van der Waals surface area contributed by atoms with Gasteiger partial charge in [-0.15, -0.1) is 11.3 Å². The van der Waals surface area contributed by atoms with Crippen molar-refractivity contribution in [2.24, 2.45) is 0 Å². The molecule has 0 radical (unpaired) electrons. The molecule has 0 unspecified atom stereocenters. The molecule has 2 rings (SSSR count). The number of esters is 1. The zero-order valence-corrected chi connectivity index (χ0v) is 12.8. The average molecular weight is 347 g/mol. The largest absolute Gasteiger partial charge is 0.505 e. The van der Waals surface area contributed by atoms with E-state index in [0.29, 0.717) is 0 Å². The third-order valence-corrected chi connectivity index (χ3v) is 3.83. The van der Waals surface area contributed by atoms with E-state index in [1.165, 1.54) is 24.8 Å². The van der Waals surface area contributed by atoms with E-state index in [9.17, 15) is 14.7 Å². The van der Waals surface area contributed by atoms with Crippen LogP contribution in [0.4, 0.5) is 5.82 Å². The van der Waals surface area contributed by atoms with Crippen molar-refractivity contribution >= 4 is 52.2 Å². The van der Waals surface area contributed by atoms with Crippen LogP contribution in [0.25, 0.3) is 0 Å². The molecule has 1 aromatic heterocycles. The molecule has 0 aliphatic carbocycles. The number of aromatic nitrogens is 1. The lowest BCUT2D eigenvalue weighted by Crippen LogP contribution is -2.14. The quantitative estimate of drug-likeness (QED) is 0.833. The van der Waals surface area contributed by atoms with Crippen LogP contribution in [0.2, 0.25) is 10.0 Å². The van der Waals surface area contributed by atoms with Gasteiger partial charge in [-0.3, -0.25) is 4.79 Å². The number of phenolic OH excluding ortho intramolecular Hbond substituents is 1. The second kappa shape index (κ2) is 6.30. The van der Waals surface area contributed by atoms with Gasteiger partial charge in [-0.05, 0) is 12.1 Å². The van der Waals surface area contributed by atoms with Crippen LogP contribution in [0.1, 0.15) is 20.0 Å². The summed E-state index contributed by atoms with van der Waals surface area (Å²) in [5.41, 5.74) is 1.52. The number of nitrogens with one attached hydrogen (secondary N) is 1. The molecule has 1 amide bonds. The number of halogens is 2. The molecular weight excluding hydrogens is 339 g/mol. The monoisotopic (exact) mass is 346 g/mol. The molecule has 9 heteroatoms. The Morgan fingerprint density at radius 2 is 1.95 bits per heavy atom. The Bertz CT molecular complexity index is 694. The Hall–Kier alpha value is -1.83. The Morgan fingerprint density at radius 1 is 1.33 bits per heavy atom. The van der Waals surface area contributed by atoms with Crippen molar-refractivity contribution in [3.05, 3.63) is 38.1 Å². The topological polar surface area (TPSA) is 88.5 Å². The molecule has 0 saturated heterocycles. The highest BCUT2D eigenvalue weighted by Crippen LogP contribution is 2.33. The number of nitrogens with zero attached hydrogens (tertiary/aromatic N) is 1. The van der Waals surface area contributed by atoms with Gasteiger partial charge in [0, 0.05) is 5.56 Å². The maximum Gasteiger partial charge on any atom is 0.351 e. The van der Waals surface area contributed by atoms with E-state index >= 15 is 0 Å². The van der Waals surface area contributed by atoms with Gasteiger partial charge in [0.15, 0.2) is 16.4 Å². The van der Waals surface area contributed by atoms with Crippen LogP contribution in [0, 0.1) is 0 Å². The molecule has 2 aromatic rings.